The topological polar surface area (TPSA) is 80.5 Å². The molecule has 0 aliphatic carbocycles. The molecule has 8 heteroatoms. The van der Waals surface area contributed by atoms with Crippen LogP contribution in [0.4, 0.5) is 4.39 Å². The van der Waals surface area contributed by atoms with Crippen molar-refractivity contribution in [3.8, 4) is 17.1 Å². The summed E-state index contributed by atoms with van der Waals surface area (Å²) in [5, 5.41) is 7.14. The van der Waals surface area contributed by atoms with Crippen LogP contribution in [0.5, 0.6) is 5.75 Å². The van der Waals surface area contributed by atoms with Gasteiger partial charge in [0.1, 0.15) is 11.6 Å². The number of piperidine rings is 1. The fourth-order valence-electron chi connectivity index (χ4n) is 4.01. The summed E-state index contributed by atoms with van der Waals surface area (Å²) in [5.41, 5.74) is 1.76. The second-order valence-corrected chi connectivity index (χ2v) is 8.30. The van der Waals surface area contributed by atoms with Crippen molar-refractivity contribution in [2.24, 2.45) is 5.92 Å². The standard InChI is InChI=1S/C25H29FN4O3/c1-3-32-22-10-6-18(7-11-22)17(2)27-25(31)20-12-14-30(15-13-20)16-23-28-24(29-33-23)19-4-8-21(26)9-5-19/h4-11,17,20H,3,12-16H2,1-2H3,(H,27,31). The highest BCUT2D eigenvalue weighted by atomic mass is 19.1. The Kier molecular flexibility index (Phi) is 7.34. The molecule has 0 spiro atoms. The molecule has 1 aromatic heterocycles. The van der Waals surface area contributed by atoms with Gasteiger partial charge in [0.25, 0.3) is 0 Å². The molecule has 1 saturated heterocycles. The van der Waals surface area contributed by atoms with E-state index in [0.29, 0.717) is 30.4 Å². The highest BCUT2D eigenvalue weighted by Gasteiger charge is 2.27. The van der Waals surface area contributed by atoms with Gasteiger partial charge in [-0.15, -0.1) is 0 Å². The molecular weight excluding hydrogens is 423 g/mol. The molecular formula is C25H29FN4O3. The van der Waals surface area contributed by atoms with Crippen molar-refractivity contribution in [1.29, 1.82) is 0 Å². The van der Waals surface area contributed by atoms with Crippen LogP contribution in [-0.2, 0) is 11.3 Å². The minimum atomic E-state index is -0.303. The lowest BCUT2D eigenvalue weighted by molar-refractivity contribution is -0.127. The highest BCUT2D eigenvalue weighted by molar-refractivity contribution is 5.79. The zero-order chi connectivity index (χ0) is 23.2. The Balaban J connectivity index is 1.24. The molecule has 1 unspecified atom stereocenters. The van der Waals surface area contributed by atoms with E-state index in [9.17, 15) is 9.18 Å². The van der Waals surface area contributed by atoms with Gasteiger partial charge >= 0.3 is 0 Å². The molecule has 2 heterocycles. The Hall–Kier alpha value is -3.26. The van der Waals surface area contributed by atoms with Gasteiger partial charge in [-0.1, -0.05) is 17.3 Å². The van der Waals surface area contributed by atoms with Crippen LogP contribution in [0.15, 0.2) is 53.1 Å². The zero-order valence-corrected chi connectivity index (χ0v) is 19.0. The number of hydrogen-bond donors (Lipinski definition) is 1. The van der Waals surface area contributed by atoms with Gasteiger partial charge in [0.05, 0.1) is 19.2 Å². The van der Waals surface area contributed by atoms with Gasteiger partial charge < -0.3 is 14.6 Å². The van der Waals surface area contributed by atoms with Crippen LogP contribution < -0.4 is 10.1 Å². The number of benzene rings is 2. The first kappa shape index (κ1) is 22.9. The van der Waals surface area contributed by atoms with Crippen molar-refractivity contribution >= 4 is 5.91 Å². The Morgan fingerprint density at radius 2 is 1.88 bits per heavy atom. The summed E-state index contributed by atoms with van der Waals surface area (Å²) < 4.78 is 23.9. The monoisotopic (exact) mass is 452 g/mol. The van der Waals surface area contributed by atoms with Crippen molar-refractivity contribution in [3.63, 3.8) is 0 Å². The third-order valence-electron chi connectivity index (χ3n) is 5.94. The van der Waals surface area contributed by atoms with E-state index in [1.807, 2.05) is 38.1 Å². The molecule has 2 aromatic carbocycles. The van der Waals surface area contributed by atoms with Gasteiger partial charge in [-0.05, 0) is 81.7 Å². The number of nitrogens with zero attached hydrogens (tertiary/aromatic N) is 3. The summed E-state index contributed by atoms with van der Waals surface area (Å²) in [5.74, 6) is 1.57. The maximum absolute atomic E-state index is 13.1. The van der Waals surface area contributed by atoms with Gasteiger partial charge in [-0.2, -0.15) is 4.98 Å². The Bertz CT molecular complexity index is 1040. The molecule has 1 amide bonds. The molecule has 1 fully saturated rings. The van der Waals surface area contributed by atoms with Crippen LogP contribution in [0, 0.1) is 11.7 Å². The number of amides is 1. The van der Waals surface area contributed by atoms with Crippen LogP contribution >= 0.6 is 0 Å². The lowest BCUT2D eigenvalue weighted by Gasteiger charge is -2.30. The summed E-state index contributed by atoms with van der Waals surface area (Å²) in [4.78, 5) is 19.4. The number of rotatable bonds is 8. The smallest absolute Gasteiger partial charge is 0.241 e. The lowest BCUT2D eigenvalue weighted by Crippen LogP contribution is -2.40. The third-order valence-corrected chi connectivity index (χ3v) is 5.94. The fraction of sp³-hybridized carbons (Fsp3) is 0.400. The fourth-order valence-corrected chi connectivity index (χ4v) is 4.01. The molecule has 1 aliphatic heterocycles. The van der Waals surface area contributed by atoms with Gasteiger partial charge in [0.2, 0.25) is 17.6 Å². The average Bonchev–Trinajstić information content (AvgIpc) is 3.29. The van der Waals surface area contributed by atoms with E-state index in [2.05, 4.69) is 20.4 Å². The lowest BCUT2D eigenvalue weighted by atomic mass is 9.95. The van der Waals surface area contributed by atoms with Crippen molar-refractivity contribution in [2.75, 3.05) is 19.7 Å². The molecule has 1 aliphatic rings. The van der Waals surface area contributed by atoms with Crippen molar-refractivity contribution < 1.29 is 18.4 Å². The summed E-state index contributed by atoms with van der Waals surface area (Å²) in [6, 6.07) is 13.8. The van der Waals surface area contributed by atoms with Crippen LogP contribution in [-0.4, -0.2) is 40.6 Å². The van der Waals surface area contributed by atoms with Crippen LogP contribution in [0.1, 0.15) is 44.2 Å². The largest absolute Gasteiger partial charge is 0.494 e. The van der Waals surface area contributed by atoms with Crippen LogP contribution in [0.3, 0.4) is 0 Å². The van der Waals surface area contributed by atoms with E-state index in [-0.39, 0.29) is 23.7 Å². The Morgan fingerprint density at radius 3 is 2.55 bits per heavy atom. The predicted octanol–water partition coefficient (Wildman–Crippen LogP) is 4.36. The molecule has 3 aromatic rings. The van der Waals surface area contributed by atoms with E-state index in [1.165, 1.54) is 12.1 Å². The Labute approximate surface area is 192 Å². The van der Waals surface area contributed by atoms with E-state index in [4.69, 9.17) is 9.26 Å². The number of nitrogens with one attached hydrogen (secondary N) is 1. The van der Waals surface area contributed by atoms with Crippen molar-refractivity contribution in [3.05, 3.63) is 65.8 Å². The number of halogens is 1. The second-order valence-electron chi connectivity index (χ2n) is 8.30. The number of carbonyl (C=O) groups is 1. The normalized spacial score (nSPS) is 15.8. The van der Waals surface area contributed by atoms with Gasteiger partial charge in [0.15, 0.2) is 0 Å². The molecule has 1 atom stereocenters. The minimum Gasteiger partial charge on any atom is -0.494 e. The van der Waals surface area contributed by atoms with Gasteiger partial charge in [0, 0.05) is 11.5 Å². The van der Waals surface area contributed by atoms with Gasteiger partial charge in [-0.3, -0.25) is 9.69 Å². The van der Waals surface area contributed by atoms with Gasteiger partial charge in [-0.25, -0.2) is 4.39 Å². The summed E-state index contributed by atoms with van der Waals surface area (Å²) in [6.07, 6.45) is 1.56. The second kappa shape index (κ2) is 10.6. The van der Waals surface area contributed by atoms with Crippen LogP contribution in [0.2, 0.25) is 0 Å². The predicted molar refractivity (Wildman–Crippen MR) is 122 cm³/mol. The highest BCUT2D eigenvalue weighted by Crippen LogP contribution is 2.23. The van der Waals surface area contributed by atoms with Crippen molar-refractivity contribution in [2.45, 2.75) is 39.3 Å². The van der Waals surface area contributed by atoms with E-state index < -0.39 is 0 Å². The number of aromatic nitrogens is 2. The zero-order valence-electron chi connectivity index (χ0n) is 19.0. The third kappa shape index (κ3) is 5.96. The maximum atomic E-state index is 13.1. The summed E-state index contributed by atoms with van der Waals surface area (Å²) in [6.45, 7) is 6.68. The van der Waals surface area contributed by atoms with Crippen molar-refractivity contribution in [1.82, 2.24) is 20.4 Å². The first-order valence-electron chi connectivity index (χ1n) is 11.4. The van der Waals surface area contributed by atoms with E-state index in [0.717, 1.165) is 37.2 Å². The first-order valence-corrected chi connectivity index (χ1v) is 11.4. The number of carbonyl (C=O) groups excluding carboxylic acids is 1. The first-order chi connectivity index (χ1) is 16.0. The van der Waals surface area contributed by atoms with E-state index in [1.54, 1.807) is 12.1 Å². The molecule has 4 rings (SSSR count). The molecule has 0 saturated carbocycles. The molecule has 7 nitrogen and oxygen atoms in total. The molecule has 174 valence electrons. The van der Waals surface area contributed by atoms with E-state index >= 15 is 0 Å². The Morgan fingerprint density at radius 1 is 1.18 bits per heavy atom. The number of likely N-dealkylation sites (tertiary alicyclic amines) is 1. The minimum absolute atomic E-state index is 0.0103. The molecule has 1 N–H and O–H groups in total. The average molecular weight is 453 g/mol. The quantitative estimate of drug-likeness (QED) is 0.547. The SMILES string of the molecule is CCOc1ccc(C(C)NC(=O)C2CCN(Cc3nc(-c4ccc(F)cc4)no3)CC2)cc1. The molecule has 0 bridgehead atoms. The maximum Gasteiger partial charge on any atom is 0.241 e. The summed E-state index contributed by atoms with van der Waals surface area (Å²) in [7, 11) is 0. The number of hydrogen-bond acceptors (Lipinski definition) is 6. The van der Waals surface area contributed by atoms with Crippen LogP contribution in [0.25, 0.3) is 11.4 Å². The molecule has 0 radical (unpaired) electrons. The number of ether oxygens (including phenoxy) is 1. The molecule has 33 heavy (non-hydrogen) atoms. The summed E-state index contributed by atoms with van der Waals surface area (Å²) >= 11 is 0.